The third kappa shape index (κ3) is 3.77. The van der Waals surface area contributed by atoms with Crippen LogP contribution in [0, 0.1) is 6.92 Å². The fourth-order valence-corrected chi connectivity index (χ4v) is 3.93. The van der Waals surface area contributed by atoms with Gasteiger partial charge < -0.3 is 0 Å². The van der Waals surface area contributed by atoms with Crippen LogP contribution in [0.15, 0.2) is 115 Å². The van der Waals surface area contributed by atoms with Crippen molar-refractivity contribution in [2.24, 2.45) is 0 Å². The zero-order valence-electron chi connectivity index (χ0n) is 17.8. The van der Waals surface area contributed by atoms with Crippen LogP contribution in [0.5, 0.6) is 0 Å². The fourth-order valence-electron chi connectivity index (χ4n) is 3.93. The van der Waals surface area contributed by atoms with Gasteiger partial charge in [0.1, 0.15) is 5.65 Å². The number of rotatable bonds is 5. The van der Waals surface area contributed by atoms with Gasteiger partial charge in [0, 0.05) is 22.9 Å². The number of hydrogen-bond donors (Lipinski definition) is 0. The SMILES string of the molecule is Cc1ccc2nc(-c3ccccc3)c(/C(=C\C(=O)c3ccccc3)c3ccccc3)n2c1. The third-order valence-corrected chi connectivity index (χ3v) is 5.49. The number of aromatic nitrogens is 2. The molecule has 0 N–H and O–H groups in total. The number of imidazole rings is 1. The van der Waals surface area contributed by atoms with Crippen LogP contribution in [0.25, 0.3) is 22.5 Å². The van der Waals surface area contributed by atoms with Crippen molar-refractivity contribution in [3.8, 4) is 11.3 Å². The molecule has 154 valence electrons. The van der Waals surface area contributed by atoms with Gasteiger partial charge in [-0.1, -0.05) is 97.1 Å². The lowest BCUT2D eigenvalue weighted by Crippen LogP contribution is -2.01. The van der Waals surface area contributed by atoms with E-state index in [2.05, 4.69) is 35.7 Å². The number of carbonyl (C=O) groups is 1. The Bertz CT molecular complexity index is 1420. The molecule has 0 unspecified atom stereocenters. The summed E-state index contributed by atoms with van der Waals surface area (Å²) in [6.45, 7) is 2.06. The first-order chi connectivity index (χ1) is 15.7. The van der Waals surface area contributed by atoms with Crippen LogP contribution in [0.4, 0.5) is 0 Å². The topological polar surface area (TPSA) is 34.4 Å². The number of nitrogens with zero attached hydrogens (tertiary/aromatic N) is 2. The summed E-state index contributed by atoms with van der Waals surface area (Å²) in [7, 11) is 0. The van der Waals surface area contributed by atoms with Gasteiger partial charge in [-0.3, -0.25) is 9.20 Å². The summed E-state index contributed by atoms with van der Waals surface area (Å²) in [5.41, 5.74) is 7.22. The zero-order valence-corrected chi connectivity index (χ0v) is 17.8. The summed E-state index contributed by atoms with van der Waals surface area (Å²) < 4.78 is 2.09. The number of aryl methyl sites for hydroxylation is 1. The number of hydrogen-bond acceptors (Lipinski definition) is 2. The molecule has 0 amide bonds. The maximum absolute atomic E-state index is 13.3. The number of ketones is 1. The summed E-state index contributed by atoms with van der Waals surface area (Å²) >= 11 is 0. The predicted octanol–water partition coefficient (Wildman–Crippen LogP) is 6.62. The first-order valence-corrected chi connectivity index (χ1v) is 10.6. The quantitative estimate of drug-likeness (QED) is 0.239. The number of fused-ring (bicyclic) bond motifs is 1. The van der Waals surface area contributed by atoms with Gasteiger partial charge in [0.05, 0.1) is 11.4 Å². The minimum absolute atomic E-state index is 0.0360. The van der Waals surface area contributed by atoms with Gasteiger partial charge in [0.2, 0.25) is 0 Å². The summed E-state index contributed by atoms with van der Waals surface area (Å²) in [6, 6.07) is 33.6. The predicted molar refractivity (Wildman–Crippen MR) is 130 cm³/mol. The molecule has 3 heteroatoms. The van der Waals surface area contributed by atoms with Crippen LogP contribution in [-0.4, -0.2) is 15.2 Å². The van der Waals surface area contributed by atoms with E-state index in [9.17, 15) is 4.79 Å². The second-order valence-electron chi connectivity index (χ2n) is 7.76. The van der Waals surface area contributed by atoms with Crippen molar-refractivity contribution >= 4 is 17.0 Å². The molecule has 0 saturated carbocycles. The van der Waals surface area contributed by atoms with Crippen molar-refractivity contribution < 1.29 is 4.79 Å². The monoisotopic (exact) mass is 414 g/mol. The Morgan fingerprint density at radius 1 is 0.750 bits per heavy atom. The van der Waals surface area contributed by atoms with Crippen molar-refractivity contribution in [2.75, 3.05) is 0 Å². The Kier molecular flexibility index (Phi) is 5.22. The highest BCUT2D eigenvalue weighted by molar-refractivity contribution is 6.11. The smallest absolute Gasteiger partial charge is 0.186 e. The van der Waals surface area contributed by atoms with Gasteiger partial charge in [0.15, 0.2) is 5.78 Å². The lowest BCUT2D eigenvalue weighted by molar-refractivity contribution is 0.104. The molecule has 0 aliphatic heterocycles. The summed E-state index contributed by atoms with van der Waals surface area (Å²) in [6.07, 6.45) is 3.82. The molecule has 0 aliphatic carbocycles. The lowest BCUT2D eigenvalue weighted by atomic mass is 9.96. The molecule has 0 bridgehead atoms. The van der Waals surface area contributed by atoms with Crippen molar-refractivity contribution in [2.45, 2.75) is 6.92 Å². The minimum Gasteiger partial charge on any atom is -0.299 e. The zero-order chi connectivity index (χ0) is 21.9. The molecule has 32 heavy (non-hydrogen) atoms. The van der Waals surface area contributed by atoms with Crippen LogP contribution < -0.4 is 0 Å². The first-order valence-electron chi connectivity index (χ1n) is 10.6. The average molecular weight is 415 g/mol. The van der Waals surface area contributed by atoms with E-state index >= 15 is 0 Å². The molecule has 2 heterocycles. The Hall–Kier alpha value is -4.24. The van der Waals surface area contributed by atoms with E-state index in [1.165, 1.54) is 0 Å². The van der Waals surface area contributed by atoms with Gasteiger partial charge in [0.25, 0.3) is 0 Å². The standard InChI is InChI=1S/C29H22N2O/c1-21-17-18-27-30-28(24-15-9-4-10-16-24)29(31(27)20-21)25(22-11-5-2-6-12-22)19-26(32)23-13-7-3-8-14-23/h2-20H,1H3/b25-19-. The second kappa shape index (κ2) is 8.48. The maximum atomic E-state index is 13.3. The van der Waals surface area contributed by atoms with Crippen LogP contribution in [0.1, 0.15) is 27.2 Å². The van der Waals surface area contributed by atoms with Gasteiger partial charge in [-0.25, -0.2) is 4.98 Å². The Morgan fingerprint density at radius 2 is 1.34 bits per heavy atom. The number of allylic oxidation sites excluding steroid dienone is 1. The molecule has 0 radical (unpaired) electrons. The normalized spacial score (nSPS) is 11.6. The molecule has 0 aliphatic rings. The third-order valence-electron chi connectivity index (χ3n) is 5.49. The van der Waals surface area contributed by atoms with E-state index in [4.69, 9.17) is 4.98 Å². The molecule has 0 fully saturated rings. The lowest BCUT2D eigenvalue weighted by Gasteiger charge is -2.12. The Labute approximate surface area is 187 Å². The van der Waals surface area contributed by atoms with E-state index in [0.717, 1.165) is 39.3 Å². The summed E-state index contributed by atoms with van der Waals surface area (Å²) in [4.78, 5) is 18.2. The van der Waals surface area contributed by atoms with E-state index in [1.54, 1.807) is 6.08 Å². The highest BCUT2D eigenvalue weighted by atomic mass is 16.1. The van der Waals surface area contributed by atoms with Crippen LogP contribution >= 0.6 is 0 Å². The highest BCUT2D eigenvalue weighted by Crippen LogP contribution is 2.34. The van der Waals surface area contributed by atoms with Gasteiger partial charge >= 0.3 is 0 Å². The molecule has 0 spiro atoms. The number of carbonyl (C=O) groups excluding carboxylic acids is 1. The number of benzene rings is 3. The van der Waals surface area contributed by atoms with Crippen molar-refractivity contribution in [3.05, 3.63) is 138 Å². The molecule has 5 rings (SSSR count). The van der Waals surface area contributed by atoms with E-state index in [0.29, 0.717) is 5.56 Å². The molecule has 0 saturated heterocycles. The molecule has 0 atom stereocenters. The van der Waals surface area contributed by atoms with E-state index < -0.39 is 0 Å². The Balaban J connectivity index is 1.82. The molecule has 3 nitrogen and oxygen atoms in total. The van der Waals surface area contributed by atoms with Crippen molar-refractivity contribution in [1.29, 1.82) is 0 Å². The minimum atomic E-state index is -0.0360. The first kappa shape index (κ1) is 19.7. The molecule has 2 aromatic heterocycles. The molecule has 5 aromatic rings. The highest BCUT2D eigenvalue weighted by Gasteiger charge is 2.20. The van der Waals surface area contributed by atoms with Crippen molar-refractivity contribution in [3.63, 3.8) is 0 Å². The average Bonchev–Trinajstić information content (AvgIpc) is 3.22. The van der Waals surface area contributed by atoms with Crippen LogP contribution in [-0.2, 0) is 0 Å². The fraction of sp³-hybridized carbons (Fsp3) is 0.0345. The second-order valence-corrected chi connectivity index (χ2v) is 7.76. The van der Waals surface area contributed by atoms with Crippen LogP contribution in [0.3, 0.4) is 0 Å². The largest absolute Gasteiger partial charge is 0.299 e. The maximum Gasteiger partial charge on any atom is 0.186 e. The van der Waals surface area contributed by atoms with Crippen molar-refractivity contribution in [1.82, 2.24) is 9.38 Å². The van der Waals surface area contributed by atoms with Gasteiger partial charge in [-0.05, 0) is 30.2 Å². The van der Waals surface area contributed by atoms with E-state index in [-0.39, 0.29) is 5.78 Å². The van der Waals surface area contributed by atoms with E-state index in [1.807, 2.05) is 84.9 Å². The van der Waals surface area contributed by atoms with Gasteiger partial charge in [-0.15, -0.1) is 0 Å². The van der Waals surface area contributed by atoms with Crippen LogP contribution in [0.2, 0.25) is 0 Å². The Morgan fingerprint density at radius 3 is 2.00 bits per heavy atom. The number of pyridine rings is 1. The van der Waals surface area contributed by atoms with Gasteiger partial charge in [-0.2, -0.15) is 0 Å². The molecule has 3 aromatic carbocycles. The summed E-state index contributed by atoms with van der Waals surface area (Å²) in [5, 5.41) is 0. The molecular weight excluding hydrogens is 392 g/mol. The summed E-state index contributed by atoms with van der Waals surface area (Å²) in [5.74, 6) is -0.0360. The molecular formula is C29H22N2O.